The third-order valence-corrected chi connectivity index (χ3v) is 3.67. The summed E-state index contributed by atoms with van der Waals surface area (Å²) in [5.41, 5.74) is 0. The Labute approximate surface area is 178 Å². The summed E-state index contributed by atoms with van der Waals surface area (Å²) in [4.78, 5) is 11.9. The van der Waals surface area contributed by atoms with Gasteiger partial charge in [0.15, 0.2) is 0 Å². The van der Waals surface area contributed by atoms with E-state index in [0.29, 0.717) is 24.7 Å². The van der Waals surface area contributed by atoms with Gasteiger partial charge in [0.25, 0.3) is 0 Å². The molecule has 0 aliphatic rings. The topological polar surface area (TPSA) is 60.0 Å². The SMILES string of the molecule is CCCOc1ccc(OP([O-])Oc2ccc(OCCC)cc2)cc1.[Cl-].[Mg+2]. The molecule has 0 spiro atoms. The molecule has 2 rings (SSSR count). The van der Waals surface area contributed by atoms with Gasteiger partial charge in [0.05, 0.1) is 13.2 Å². The zero-order chi connectivity index (χ0) is 17.2. The van der Waals surface area contributed by atoms with E-state index in [0.717, 1.165) is 24.3 Å². The van der Waals surface area contributed by atoms with Crippen LogP contribution in [0.1, 0.15) is 26.7 Å². The molecular weight excluding hydrogens is 387 g/mol. The Morgan fingerprint density at radius 2 is 1.00 bits per heavy atom. The van der Waals surface area contributed by atoms with E-state index in [1.165, 1.54) is 0 Å². The second-order valence-corrected chi connectivity index (χ2v) is 5.86. The van der Waals surface area contributed by atoms with Crippen LogP contribution in [0.5, 0.6) is 23.0 Å². The monoisotopic (exact) mass is 408 g/mol. The molecule has 0 aliphatic carbocycles. The summed E-state index contributed by atoms with van der Waals surface area (Å²) in [5.74, 6) is 2.43. The molecule has 0 aliphatic heterocycles. The fraction of sp³-hybridized carbons (Fsp3) is 0.333. The minimum absolute atomic E-state index is 0. The standard InChI is InChI=1S/C18H22O5P.ClH.Mg/c1-3-13-20-15-5-9-17(10-6-15)22-24(19)23-18-11-7-16(8-12-18)21-14-4-2;;/h5-12H,3-4,13-14H2,1-2H3;1H;/q-1;;+2/p-1. The van der Waals surface area contributed by atoms with Gasteiger partial charge >= 0.3 is 23.1 Å². The summed E-state index contributed by atoms with van der Waals surface area (Å²) >= 11 is 0. The van der Waals surface area contributed by atoms with Crippen LogP contribution in [0.25, 0.3) is 0 Å². The van der Waals surface area contributed by atoms with Crippen molar-refractivity contribution < 1.29 is 35.8 Å². The summed E-state index contributed by atoms with van der Waals surface area (Å²) in [6.45, 7) is 5.41. The van der Waals surface area contributed by atoms with Crippen molar-refractivity contribution in [2.75, 3.05) is 13.2 Å². The fourth-order valence-corrected chi connectivity index (χ4v) is 2.45. The minimum atomic E-state index is -2.31. The molecule has 2 aromatic rings. The van der Waals surface area contributed by atoms with Gasteiger partial charge in [-0.2, -0.15) is 0 Å². The van der Waals surface area contributed by atoms with E-state index < -0.39 is 8.60 Å². The Morgan fingerprint density at radius 1 is 0.692 bits per heavy atom. The summed E-state index contributed by atoms with van der Waals surface area (Å²) in [6, 6.07) is 13.9. The molecule has 0 aromatic heterocycles. The second kappa shape index (κ2) is 14.2. The molecule has 5 nitrogen and oxygen atoms in total. The van der Waals surface area contributed by atoms with Gasteiger partial charge in [-0.05, 0) is 61.4 Å². The molecule has 8 heteroatoms. The van der Waals surface area contributed by atoms with Gasteiger partial charge in [-0.3, -0.25) is 0 Å². The number of ether oxygens (including phenoxy) is 2. The largest absolute Gasteiger partial charge is 2.00 e. The van der Waals surface area contributed by atoms with E-state index in [4.69, 9.17) is 18.5 Å². The van der Waals surface area contributed by atoms with Gasteiger partial charge in [-0.1, -0.05) is 13.8 Å². The molecule has 0 fully saturated rings. The molecule has 0 bridgehead atoms. The van der Waals surface area contributed by atoms with E-state index in [9.17, 15) is 4.89 Å². The molecule has 26 heavy (non-hydrogen) atoms. The van der Waals surface area contributed by atoms with Crippen LogP contribution in [0, 0.1) is 0 Å². The van der Waals surface area contributed by atoms with Crippen molar-refractivity contribution in [3.63, 3.8) is 0 Å². The first kappa shape index (κ1) is 25.1. The Kier molecular flexibility index (Phi) is 13.7. The van der Waals surface area contributed by atoms with Gasteiger partial charge in [-0.15, -0.1) is 0 Å². The maximum Gasteiger partial charge on any atom is 2.00 e. The maximum absolute atomic E-state index is 11.9. The van der Waals surface area contributed by atoms with Crippen LogP contribution >= 0.6 is 8.60 Å². The molecule has 138 valence electrons. The predicted octanol–water partition coefficient (Wildman–Crippen LogP) is 0.932. The van der Waals surface area contributed by atoms with E-state index in [-0.39, 0.29) is 35.5 Å². The Bertz CT molecular complexity index is 544. The average Bonchev–Trinajstić information content (AvgIpc) is 2.60. The average molecular weight is 409 g/mol. The van der Waals surface area contributed by atoms with Gasteiger partial charge in [0.1, 0.15) is 23.0 Å². The fourth-order valence-electron chi connectivity index (χ4n) is 1.82. The van der Waals surface area contributed by atoms with Gasteiger partial charge < -0.3 is 35.8 Å². The number of halogens is 1. The molecule has 0 saturated heterocycles. The minimum Gasteiger partial charge on any atom is -1.00 e. The normalized spacial score (nSPS) is 9.69. The second-order valence-electron chi connectivity index (χ2n) is 5.05. The molecule has 0 radical (unpaired) electrons. The number of hydrogen-bond donors (Lipinski definition) is 0. The zero-order valence-corrected chi connectivity index (χ0v) is 18.1. The number of rotatable bonds is 10. The molecule has 0 heterocycles. The van der Waals surface area contributed by atoms with Crippen molar-refractivity contribution in [2.24, 2.45) is 0 Å². The van der Waals surface area contributed by atoms with Crippen molar-refractivity contribution in [2.45, 2.75) is 26.7 Å². The van der Waals surface area contributed by atoms with Crippen LogP contribution in [0.4, 0.5) is 0 Å². The van der Waals surface area contributed by atoms with E-state index in [1.807, 2.05) is 13.8 Å². The van der Waals surface area contributed by atoms with Crippen molar-refractivity contribution >= 4 is 31.7 Å². The Hall–Kier alpha value is -0.914. The van der Waals surface area contributed by atoms with Crippen molar-refractivity contribution in [1.29, 1.82) is 0 Å². The van der Waals surface area contributed by atoms with Crippen LogP contribution in [0.3, 0.4) is 0 Å². The van der Waals surface area contributed by atoms with Crippen molar-refractivity contribution in [1.82, 2.24) is 0 Å². The zero-order valence-electron chi connectivity index (χ0n) is 15.0. The summed E-state index contributed by atoms with van der Waals surface area (Å²) in [7, 11) is -2.31. The summed E-state index contributed by atoms with van der Waals surface area (Å²) in [6.07, 6.45) is 1.89. The van der Waals surface area contributed by atoms with Crippen LogP contribution in [-0.4, -0.2) is 36.3 Å². The molecular formula is C18H22ClMgO5P. The van der Waals surface area contributed by atoms with Crippen LogP contribution < -0.4 is 35.8 Å². The van der Waals surface area contributed by atoms with Gasteiger partial charge in [-0.25, -0.2) is 0 Å². The van der Waals surface area contributed by atoms with Crippen LogP contribution in [0.15, 0.2) is 48.5 Å². The number of benzene rings is 2. The summed E-state index contributed by atoms with van der Waals surface area (Å²) < 4.78 is 21.5. The third kappa shape index (κ3) is 9.15. The van der Waals surface area contributed by atoms with Crippen molar-refractivity contribution in [3.8, 4) is 23.0 Å². The number of hydrogen-bond acceptors (Lipinski definition) is 5. The van der Waals surface area contributed by atoms with Crippen LogP contribution in [-0.2, 0) is 0 Å². The van der Waals surface area contributed by atoms with Gasteiger partial charge in [0, 0.05) is 0 Å². The van der Waals surface area contributed by atoms with Crippen LogP contribution in [0.2, 0.25) is 0 Å². The van der Waals surface area contributed by atoms with E-state index >= 15 is 0 Å². The maximum atomic E-state index is 11.9. The summed E-state index contributed by atoms with van der Waals surface area (Å²) in [5, 5.41) is 0. The van der Waals surface area contributed by atoms with Crippen molar-refractivity contribution in [3.05, 3.63) is 48.5 Å². The molecule has 2 aromatic carbocycles. The molecule has 0 unspecified atom stereocenters. The smallest absolute Gasteiger partial charge is 1.00 e. The Balaban J connectivity index is 0.00000312. The van der Waals surface area contributed by atoms with E-state index in [2.05, 4.69) is 0 Å². The molecule has 0 saturated carbocycles. The predicted molar refractivity (Wildman–Crippen MR) is 98.4 cm³/mol. The quantitative estimate of drug-likeness (QED) is 0.432. The van der Waals surface area contributed by atoms with Gasteiger partial charge in [0.2, 0.25) is 8.60 Å². The Morgan fingerprint density at radius 3 is 1.31 bits per heavy atom. The first-order valence-electron chi connectivity index (χ1n) is 8.00. The third-order valence-electron chi connectivity index (χ3n) is 2.95. The molecule has 0 amide bonds. The first-order chi connectivity index (χ1) is 11.7. The molecule has 0 N–H and O–H groups in total. The van der Waals surface area contributed by atoms with E-state index in [1.54, 1.807) is 48.5 Å². The molecule has 0 atom stereocenters. The first-order valence-corrected chi connectivity index (χ1v) is 9.09.